The molecule has 2 atom stereocenters. The number of thiophene rings is 1. The highest BCUT2D eigenvalue weighted by Gasteiger charge is 2.38. The van der Waals surface area contributed by atoms with E-state index < -0.39 is 11.9 Å². The van der Waals surface area contributed by atoms with Crippen molar-refractivity contribution in [3.8, 4) is 0 Å². The van der Waals surface area contributed by atoms with Crippen molar-refractivity contribution in [2.24, 2.45) is 5.92 Å². The Hall–Kier alpha value is -2.46. The molecule has 0 saturated carbocycles. The Kier molecular flexibility index (Phi) is 5.61. The summed E-state index contributed by atoms with van der Waals surface area (Å²) >= 11 is 1.65. The van der Waals surface area contributed by atoms with Crippen molar-refractivity contribution in [2.75, 3.05) is 6.61 Å². The molecule has 2 aromatic rings. The fourth-order valence-corrected chi connectivity index (χ4v) is 3.73. The zero-order chi connectivity index (χ0) is 17.6. The predicted molar refractivity (Wildman–Crippen MR) is 100 cm³/mol. The lowest BCUT2D eigenvalue weighted by Gasteiger charge is -2.28. The van der Waals surface area contributed by atoms with Gasteiger partial charge in [-0.15, -0.1) is 11.3 Å². The molecular formula is C21H20O3S. The van der Waals surface area contributed by atoms with E-state index >= 15 is 0 Å². The van der Waals surface area contributed by atoms with Gasteiger partial charge in [0, 0.05) is 10.8 Å². The number of hydrogen-bond acceptors (Lipinski definition) is 4. The maximum atomic E-state index is 12.7. The highest BCUT2D eigenvalue weighted by Crippen LogP contribution is 2.37. The molecule has 25 heavy (non-hydrogen) atoms. The van der Waals surface area contributed by atoms with Crippen LogP contribution in [0, 0.1) is 5.92 Å². The van der Waals surface area contributed by atoms with Crippen LogP contribution < -0.4 is 0 Å². The molecule has 3 nitrogen and oxygen atoms in total. The molecule has 1 aliphatic rings. The first-order chi connectivity index (χ1) is 12.2. The third-order valence-corrected chi connectivity index (χ3v) is 5.10. The number of ketones is 1. The quantitative estimate of drug-likeness (QED) is 0.582. The van der Waals surface area contributed by atoms with E-state index in [1.54, 1.807) is 24.3 Å². The molecular weight excluding hydrogens is 332 g/mol. The largest absolute Gasteiger partial charge is 0.465 e. The first-order valence-electron chi connectivity index (χ1n) is 8.36. The van der Waals surface area contributed by atoms with E-state index in [1.165, 1.54) is 0 Å². The molecule has 0 unspecified atom stereocenters. The topological polar surface area (TPSA) is 43.4 Å². The van der Waals surface area contributed by atoms with Gasteiger partial charge in [-0.1, -0.05) is 42.5 Å². The van der Waals surface area contributed by atoms with E-state index in [4.69, 9.17) is 4.74 Å². The zero-order valence-corrected chi connectivity index (χ0v) is 14.9. The monoisotopic (exact) mass is 352 g/mol. The Balaban J connectivity index is 1.90. The molecule has 0 radical (unpaired) electrons. The minimum atomic E-state index is -0.763. The van der Waals surface area contributed by atoms with Crippen LogP contribution in [-0.4, -0.2) is 18.4 Å². The van der Waals surface area contributed by atoms with Crippen LogP contribution in [0.4, 0.5) is 0 Å². The Labute approximate surface area is 151 Å². The molecule has 4 heteroatoms. The Morgan fingerprint density at radius 3 is 2.68 bits per heavy atom. The average Bonchev–Trinajstić information content (AvgIpc) is 3.14. The van der Waals surface area contributed by atoms with Gasteiger partial charge in [0.05, 0.1) is 6.61 Å². The second-order valence-electron chi connectivity index (χ2n) is 5.92. The Bertz CT molecular complexity index is 788. The second-order valence-corrected chi connectivity index (χ2v) is 6.90. The maximum absolute atomic E-state index is 12.7. The lowest BCUT2D eigenvalue weighted by atomic mass is 9.75. The molecule has 1 aliphatic carbocycles. The van der Waals surface area contributed by atoms with Crippen LogP contribution in [0.2, 0.25) is 0 Å². The number of allylic oxidation sites excluding steroid dienone is 3. The number of benzene rings is 1. The van der Waals surface area contributed by atoms with E-state index in [1.807, 2.05) is 60.0 Å². The molecule has 0 amide bonds. The van der Waals surface area contributed by atoms with E-state index in [2.05, 4.69) is 0 Å². The van der Waals surface area contributed by atoms with Crippen molar-refractivity contribution in [1.82, 2.24) is 0 Å². The summed E-state index contributed by atoms with van der Waals surface area (Å²) in [4.78, 5) is 26.1. The number of esters is 1. The van der Waals surface area contributed by atoms with E-state index in [0.717, 1.165) is 16.0 Å². The van der Waals surface area contributed by atoms with Crippen molar-refractivity contribution < 1.29 is 14.3 Å². The third-order valence-electron chi connectivity index (χ3n) is 4.27. The number of carbonyl (C=O) groups excluding carboxylic acids is 2. The molecule has 1 aromatic heterocycles. The van der Waals surface area contributed by atoms with Crippen molar-refractivity contribution >= 4 is 29.2 Å². The molecule has 0 N–H and O–H groups in total. The average molecular weight is 352 g/mol. The van der Waals surface area contributed by atoms with Crippen LogP contribution >= 0.6 is 11.3 Å². The first kappa shape index (κ1) is 17.4. The highest BCUT2D eigenvalue weighted by atomic mass is 32.1. The van der Waals surface area contributed by atoms with Crippen LogP contribution in [0.1, 0.15) is 29.7 Å². The summed E-state index contributed by atoms with van der Waals surface area (Å²) < 4.78 is 5.15. The van der Waals surface area contributed by atoms with Crippen molar-refractivity contribution in [3.63, 3.8) is 0 Å². The van der Waals surface area contributed by atoms with Gasteiger partial charge in [0.2, 0.25) is 0 Å². The van der Waals surface area contributed by atoms with Crippen molar-refractivity contribution in [3.05, 3.63) is 76.0 Å². The lowest BCUT2D eigenvalue weighted by Crippen LogP contribution is -2.34. The van der Waals surface area contributed by atoms with Crippen molar-refractivity contribution in [1.29, 1.82) is 0 Å². The molecule has 1 heterocycles. The minimum absolute atomic E-state index is 0.176. The summed E-state index contributed by atoms with van der Waals surface area (Å²) in [6.45, 7) is 2.03. The standard InChI is InChI=1S/C21H20O3S/c1-2-24-21(23)20-18(16-7-4-3-5-8-16)13-15(14-19(20)22)10-11-17-9-6-12-25-17/h3-12,14,18,20H,2,13H2,1H3/b11-10+/t18-,20+/m0/s1. The Morgan fingerprint density at radius 2 is 2.00 bits per heavy atom. The second kappa shape index (κ2) is 8.08. The number of carbonyl (C=O) groups is 2. The molecule has 1 aromatic carbocycles. The molecule has 0 aliphatic heterocycles. The SMILES string of the molecule is CCOC(=O)[C@H]1C(=O)C=C(/C=C/c2cccs2)C[C@H]1c1ccccc1. The lowest BCUT2D eigenvalue weighted by molar-refractivity contribution is -0.151. The zero-order valence-electron chi connectivity index (χ0n) is 14.1. The summed E-state index contributed by atoms with van der Waals surface area (Å²) in [6, 6.07) is 13.8. The summed E-state index contributed by atoms with van der Waals surface area (Å²) in [7, 11) is 0. The smallest absolute Gasteiger partial charge is 0.317 e. The van der Waals surface area contributed by atoms with Crippen LogP contribution in [0.25, 0.3) is 6.08 Å². The van der Waals surface area contributed by atoms with Gasteiger partial charge in [0.15, 0.2) is 5.78 Å². The van der Waals surface area contributed by atoms with Crippen molar-refractivity contribution in [2.45, 2.75) is 19.3 Å². The van der Waals surface area contributed by atoms with Gasteiger partial charge in [0.1, 0.15) is 5.92 Å². The fraction of sp³-hybridized carbons (Fsp3) is 0.238. The fourth-order valence-electron chi connectivity index (χ4n) is 3.12. The molecule has 0 fully saturated rings. The van der Waals surface area contributed by atoms with Crippen LogP contribution in [0.5, 0.6) is 0 Å². The minimum Gasteiger partial charge on any atom is -0.465 e. The van der Waals surface area contributed by atoms with Gasteiger partial charge >= 0.3 is 5.97 Å². The molecule has 128 valence electrons. The summed E-state index contributed by atoms with van der Waals surface area (Å²) in [5.74, 6) is -1.56. The number of ether oxygens (including phenoxy) is 1. The number of rotatable bonds is 5. The first-order valence-corrected chi connectivity index (χ1v) is 9.24. The molecule has 0 bridgehead atoms. The van der Waals surface area contributed by atoms with E-state index in [-0.39, 0.29) is 18.3 Å². The summed E-state index contributed by atoms with van der Waals surface area (Å²) in [6.07, 6.45) is 6.21. The van der Waals surface area contributed by atoms with E-state index in [0.29, 0.717) is 6.42 Å². The van der Waals surface area contributed by atoms with Crippen LogP contribution in [-0.2, 0) is 14.3 Å². The predicted octanol–water partition coefficient (Wildman–Crippen LogP) is 4.62. The van der Waals surface area contributed by atoms with Gasteiger partial charge in [-0.25, -0.2) is 0 Å². The van der Waals surface area contributed by atoms with E-state index in [9.17, 15) is 9.59 Å². The van der Waals surface area contributed by atoms with Gasteiger partial charge in [-0.2, -0.15) is 0 Å². The molecule has 0 saturated heterocycles. The normalized spacial score (nSPS) is 20.5. The summed E-state index contributed by atoms with van der Waals surface area (Å²) in [5, 5.41) is 2.02. The molecule has 3 rings (SSSR count). The van der Waals surface area contributed by atoms with Gasteiger partial charge in [0.25, 0.3) is 0 Å². The molecule has 0 spiro atoms. The van der Waals surface area contributed by atoms with Crippen LogP contribution in [0.3, 0.4) is 0 Å². The maximum Gasteiger partial charge on any atom is 0.317 e. The Morgan fingerprint density at radius 1 is 1.20 bits per heavy atom. The highest BCUT2D eigenvalue weighted by molar-refractivity contribution is 7.10. The summed E-state index contributed by atoms with van der Waals surface area (Å²) in [5.41, 5.74) is 1.93. The van der Waals surface area contributed by atoms with Gasteiger partial charge < -0.3 is 4.74 Å². The third kappa shape index (κ3) is 4.15. The number of hydrogen-bond donors (Lipinski definition) is 0. The van der Waals surface area contributed by atoms with Crippen LogP contribution in [0.15, 0.2) is 65.6 Å². The van der Waals surface area contributed by atoms with Gasteiger partial charge in [-0.3, -0.25) is 9.59 Å². The van der Waals surface area contributed by atoms with Gasteiger partial charge in [-0.05, 0) is 48.1 Å².